The Hall–Kier alpha value is -0.340. The van der Waals surface area contributed by atoms with Crippen LogP contribution >= 0.6 is 0 Å². The second kappa shape index (κ2) is 5.45. The molecular weight excluding hydrogens is 128 g/mol. The summed E-state index contributed by atoms with van der Waals surface area (Å²) in [6.07, 6.45) is 3.13. The van der Waals surface area contributed by atoms with Crippen LogP contribution < -0.4 is 0 Å². The zero-order chi connectivity index (χ0) is 7.98. The third-order valence-corrected chi connectivity index (χ3v) is 1.37. The molecule has 0 spiro atoms. The van der Waals surface area contributed by atoms with Crippen molar-refractivity contribution in [2.24, 2.45) is 0 Å². The van der Waals surface area contributed by atoms with E-state index in [9.17, 15) is 0 Å². The summed E-state index contributed by atoms with van der Waals surface area (Å²) in [4.78, 5) is 0. The molecule has 0 saturated carbocycles. The molecule has 0 heterocycles. The Morgan fingerprint density at radius 2 is 2.30 bits per heavy atom. The fraction of sp³-hybridized carbons (Fsp3) is 0.750. The summed E-state index contributed by atoms with van der Waals surface area (Å²) in [7, 11) is 1.65. The van der Waals surface area contributed by atoms with Gasteiger partial charge in [0.15, 0.2) is 0 Å². The first kappa shape index (κ1) is 9.66. The normalized spacial score (nSPS) is 16.3. The van der Waals surface area contributed by atoms with Crippen LogP contribution in [0.2, 0.25) is 0 Å². The van der Waals surface area contributed by atoms with E-state index in [4.69, 9.17) is 9.84 Å². The van der Waals surface area contributed by atoms with Gasteiger partial charge in [0.1, 0.15) is 0 Å². The van der Waals surface area contributed by atoms with Gasteiger partial charge in [-0.1, -0.05) is 6.08 Å². The summed E-state index contributed by atoms with van der Waals surface area (Å²) in [6, 6.07) is 0. The lowest BCUT2D eigenvalue weighted by Gasteiger charge is -2.14. The highest BCUT2D eigenvalue weighted by Crippen LogP contribution is 2.05. The smallest absolute Gasteiger partial charge is 0.0630 e. The Morgan fingerprint density at radius 3 is 2.60 bits per heavy atom. The summed E-state index contributed by atoms with van der Waals surface area (Å²) in [5.41, 5.74) is 0. The van der Waals surface area contributed by atoms with Gasteiger partial charge in [-0.2, -0.15) is 0 Å². The maximum absolute atomic E-state index is 8.97. The van der Waals surface area contributed by atoms with Crippen LogP contribution in [0.25, 0.3) is 0 Å². The Labute approximate surface area is 62.5 Å². The van der Waals surface area contributed by atoms with Gasteiger partial charge in [-0.3, -0.25) is 0 Å². The van der Waals surface area contributed by atoms with Gasteiger partial charge < -0.3 is 9.84 Å². The predicted molar refractivity (Wildman–Crippen MR) is 41.9 cm³/mol. The zero-order valence-electron chi connectivity index (χ0n) is 6.71. The number of aliphatic hydroxyl groups excluding tert-OH is 1. The number of ether oxygens (including phenoxy) is 1. The minimum Gasteiger partial charge on any atom is -0.393 e. The molecule has 0 amide bonds. The van der Waals surface area contributed by atoms with E-state index < -0.39 is 0 Å². The van der Waals surface area contributed by atoms with E-state index in [2.05, 4.69) is 6.58 Å². The van der Waals surface area contributed by atoms with Gasteiger partial charge in [-0.05, 0) is 19.8 Å². The topological polar surface area (TPSA) is 29.5 Å². The number of rotatable bonds is 5. The van der Waals surface area contributed by atoms with Crippen molar-refractivity contribution in [2.75, 3.05) is 7.11 Å². The van der Waals surface area contributed by atoms with E-state index in [0.717, 1.165) is 6.42 Å². The highest BCUT2D eigenvalue weighted by atomic mass is 16.5. The van der Waals surface area contributed by atoms with Gasteiger partial charge in [0, 0.05) is 7.11 Å². The fourth-order valence-corrected chi connectivity index (χ4v) is 0.855. The molecule has 2 nitrogen and oxygen atoms in total. The lowest BCUT2D eigenvalue weighted by atomic mass is 10.1. The maximum Gasteiger partial charge on any atom is 0.0630 e. The van der Waals surface area contributed by atoms with Crippen LogP contribution in [0.15, 0.2) is 12.7 Å². The monoisotopic (exact) mass is 144 g/mol. The summed E-state index contributed by atoms with van der Waals surface area (Å²) in [5.74, 6) is 0. The van der Waals surface area contributed by atoms with E-state index in [1.807, 2.05) is 0 Å². The van der Waals surface area contributed by atoms with Gasteiger partial charge >= 0.3 is 0 Å². The van der Waals surface area contributed by atoms with Crippen molar-refractivity contribution in [2.45, 2.75) is 32.0 Å². The molecule has 60 valence electrons. The molecule has 0 aromatic heterocycles. The number of hydrogen-bond acceptors (Lipinski definition) is 2. The molecule has 0 saturated heterocycles. The Kier molecular flexibility index (Phi) is 5.26. The summed E-state index contributed by atoms with van der Waals surface area (Å²) < 4.78 is 5.07. The summed E-state index contributed by atoms with van der Waals surface area (Å²) in [6.45, 7) is 5.35. The van der Waals surface area contributed by atoms with Gasteiger partial charge in [-0.25, -0.2) is 0 Å². The van der Waals surface area contributed by atoms with Crippen molar-refractivity contribution in [1.82, 2.24) is 0 Å². The van der Waals surface area contributed by atoms with Crippen LogP contribution in [0.1, 0.15) is 19.8 Å². The van der Waals surface area contributed by atoms with Crippen molar-refractivity contribution in [3.63, 3.8) is 0 Å². The molecule has 2 atom stereocenters. The van der Waals surface area contributed by atoms with Gasteiger partial charge in [-0.15, -0.1) is 6.58 Å². The van der Waals surface area contributed by atoms with Gasteiger partial charge in [0.2, 0.25) is 0 Å². The predicted octanol–water partition coefficient (Wildman–Crippen LogP) is 1.35. The number of aliphatic hydroxyl groups is 1. The molecule has 0 unspecified atom stereocenters. The zero-order valence-corrected chi connectivity index (χ0v) is 6.71. The molecule has 0 aliphatic carbocycles. The van der Waals surface area contributed by atoms with Crippen LogP contribution in [-0.2, 0) is 4.74 Å². The van der Waals surface area contributed by atoms with E-state index in [1.165, 1.54) is 0 Å². The summed E-state index contributed by atoms with van der Waals surface area (Å²) in [5, 5.41) is 8.97. The first-order valence-electron chi connectivity index (χ1n) is 3.52. The quantitative estimate of drug-likeness (QED) is 0.590. The molecule has 0 aromatic rings. The number of hydrogen-bond donors (Lipinski definition) is 1. The molecule has 0 aliphatic heterocycles. The number of methoxy groups -OCH3 is 1. The van der Waals surface area contributed by atoms with Crippen molar-refractivity contribution < 1.29 is 9.84 Å². The Balaban J connectivity index is 3.48. The van der Waals surface area contributed by atoms with E-state index in [1.54, 1.807) is 20.1 Å². The maximum atomic E-state index is 8.97. The minimum atomic E-state index is -0.287. The lowest BCUT2D eigenvalue weighted by molar-refractivity contribution is 0.0537. The van der Waals surface area contributed by atoms with Gasteiger partial charge in [0.25, 0.3) is 0 Å². The molecule has 0 aromatic carbocycles. The molecule has 0 rings (SSSR count). The first-order valence-corrected chi connectivity index (χ1v) is 3.52. The van der Waals surface area contributed by atoms with Crippen molar-refractivity contribution in [3.8, 4) is 0 Å². The van der Waals surface area contributed by atoms with Crippen molar-refractivity contribution >= 4 is 0 Å². The minimum absolute atomic E-state index is 0.123. The third-order valence-electron chi connectivity index (χ3n) is 1.37. The highest BCUT2D eigenvalue weighted by Gasteiger charge is 2.07. The molecule has 0 aliphatic rings. The van der Waals surface area contributed by atoms with Crippen LogP contribution in [0.4, 0.5) is 0 Å². The van der Waals surface area contributed by atoms with Crippen LogP contribution in [0.5, 0.6) is 0 Å². The fourth-order valence-electron chi connectivity index (χ4n) is 0.855. The Morgan fingerprint density at radius 1 is 1.70 bits per heavy atom. The van der Waals surface area contributed by atoms with Crippen molar-refractivity contribution in [1.29, 1.82) is 0 Å². The molecule has 0 bridgehead atoms. The van der Waals surface area contributed by atoms with Crippen LogP contribution in [0, 0.1) is 0 Å². The van der Waals surface area contributed by atoms with Crippen LogP contribution in [0.3, 0.4) is 0 Å². The molecular formula is C8H16O2. The van der Waals surface area contributed by atoms with E-state index >= 15 is 0 Å². The lowest BCUT2D eigenvalue weighted by Crippen LogP contribution is -2.16. The molecule has 0 fully saturated rings. The average molecular weight is 144 g/mol. The van der Waals surface area contributed by atoms with Crippen molar-refractivity contribution in [3.05, 3.63) is 12.7 Å². The largest absolute Gasteiger partial charge is 0.393 e. The molecule has 2 heteroatoms. The first-order chi connectivity index (χ1) is 4.70. The van der Waals surface area contributed by atoms with E-state index in [-0.39, 0.29) is 12.2 Å². The second-order valence-corrected chi connectivity index (χ2v) is 2.47. The highest BCUT2D eigenvalue weighted by molar-refractivity contribution is 4.74. The third kappa shape index (κ3) is 4.53. The Bertz CT molecular complexity index is 89.3. The molecule has 10 heavy (non-hydrogen) atoms. The molecule has 0 radical (unpaired) electrons. The standard InChI is InChI=1S/C8H16O2/c1-4-5-8(10-3)6-7(2)9/h4,7-9H,1,5-6H2,2-3H3/t7-,8-/m0/s1. The van der Waals surface area contributed by atoms with Crippen LogP contribution in [-0.4, -0.2) is 24.4 Å². The van der Waals surface area contributed by atoms with E-state index in [0.29, 0.717) is 6.42 Å². The van der Waals surface area contributed by atoms with Gasteiger partial charge in [0.05, 0.1) is 12.2 Å². The summed E-state index contributed by atoms with van der Waals surface area (Å²) >= 11 is 0. The molecule has 1 N–H and O–H groups in total. The average Bonchev–Trinajstić information content (AvgIpc) is 1.86. The second-order valence-electron chi connectivity index (χ2n) is 2.47. The SMILES string of the molecule is C=CC[C@@H](C[C@H](C)O)OC.